The standard InChI is InChI=1S/C22H26N2O8/c25-21-19-15-17(1-3-23-19)18-2-4-24-20(16-18)22(26)32-14-12-30-10-8-28-6-5-27-7-9-29-11-13-31-21/h1-4,15-16H,5-14H2. The van der Waals surface area contributed by atoms with Crippen LogP contribution in [0.2, 0.25) is 0 Å². The van der Waals surface area contributed by atoms with Crippen molar-refractivity contribution in [3.8, 4) is 11.1 Å². The number of carbonyl (C=O) groups excluding carboxylic acids is 2. The van der Waals surface area contributed by atoms with E-state index in [2.05, 4.69) is 9.97 Å². The van der Waals surface area contributed by atoms with E-state index in [-0.39, 0.29) is 37.8 Å². The molecule has 0 amide bonds. The Morgan fingerprint density at radius 3 is 1.25 bits per heavy atom. The summed E-state index contributed by atoms with van der Waals surface area (Å²) >= 11 is 0. The monoisotopic (exact) mass is 446 g/mol. The van der Waals surface area contributed by atoms with Gasteiger partial charge in [0.1, 0.15) is 24.6 Å². The minimum absolute atomic E-state index is 0.0963. The van der Waals surface area contributed by atoms with Crippen molar-refractivity contribution in [1.82, 2.24) is 9.97 Å². The van der Waals surface area contributed by atoms with Crippen molar-refractivity contribution < 1.29 is 38.0 Å². The first-order valence-electron chi connectivity index (χ1n) is 10.3. The Morgan fingerprint density at radius 2 is 0.875 bits per heavy atom. The third-order valence-electron chi connectivity index (χ3n) is 4.31. The molecule has 0 atom stereocenters. The summed E-state index contributed by atoms with van der Waals surface area (Å²) < 4.78 is 31.9. The SMILES string of the molecule is O=C1OCCOCCOCCOCCOCCOC(=O)c2cc(ccn2)-c2ccnc1c2. The number of pyridine rings is 2. The lowest BCUT2D eigenvalue weighted by molar-refractivity contribution is -0.0137. The zero-order chi connectivity index (χ0) is 22.4. The van der Waals surface area contributed by atoms with Crippen LogP contribution in [0.4, 0.5) is 0 Å². The Morgan fingerprint density at radius 1 is 0.531 bits per heavy atom. The Hall–Kier alpha value is -2.92. The molecule has 3 heterocycles. The predicted octanol–water partition coefficient (Wildman–Crippen LogP) is 1.54. The number of hydrogen-bond acceptors (Lipinski definition) is 10. The van der Waals surface area contributed by atoms with Crippen molar-refractivity contribution in [1.29, 1.82) is 0 Å². The molecule has 0 saturated carbocycles. The second-order valence-electron chi connectivity index (χ2n) is 6.58. The molecule has 0 radical (unpaired) electrons. The topological polar surface area (TPSA) is 115 Å². The van der Waals surface area contributed by atoms with Gasteiger partial charge in [-0.1, -0.05) is 0 Å². The van der Waals surface area contributed by atoms with E-state index < -0.39 is 11.9 Å². The zero-order valence-electron chi connectivity index (χ0n) is 17.7. The van der Waals surface area contributed by atoms with Crippen molar-refractivity contribution in [2.75, 3.05) is 66.1 Å². The van der Waals surface area contributed by atoms with Gasteiger partial charge in [-0.3, -0.25) is 0 Å². The molecule has 0 aliphatic carbocycles. The fourth-order valence-electron chi connectivity index (χ4n) is 2.74. The van der Waals surface area contributed by atoms with Crippen molar-refractivity contribution in [3.05, 3.63) is 48.0 Å². The first-order valence-corrected chi connectivity index (χ1v) is 10.3. The number of esters is 2. The molecule has 0 unspecified atom stereocenters. The van der Waals surface area contributed by atoms with Gasteiger partial charge in [-0.15, -0.1) is 0 Å². The summed E-state index contributed by atoms with van der Waals surface area (Å²) in [5, 5.41) is 0. The Kier molecular flexibility index (Phi) is 10.0. The summed E-state index contributed by atoms with van der Waals surface area (Å²) in [5.74, 6) is -1.13. The van der Waals surface area contributed by atoms with Gasteiger partial charge in [0.2, 0.25) is 0 Å². The van der Waals surface area contributed by atoms with E-state index >= 15 is 0 Å². The Bertz CT molecular complexity index is 805. The summed E-state index contributed by atoms with van der Waals surface area (Å²) in [5.41, 5.74) is 1.68. The van der Waals surface area contributed by atoms with Crippen molar-refractivity contribution >= 4 is 11.9 Å². The summed E-state index contributed by atoms with van der Waals surface area (Å²) in [6, 6.07) is 6.64. The molecule has 172 valence electrons. The van der Waals surface area contributed by atoms with Crippen LogP contribution in [0.15, 0.2) is 36.7 Å². The maximum atomic E-state index is 12.3. The van der Waals surface area contributed by atoms with Gasteiger partial charge < -0.3 is 28.4 Å². The van der Waals surface area contributed by atoms with Crippen LogP contribution in [0.5, 0.6) is 0 Å². The van der Waals surface area contributed by atoms with Gasteiger partial charge in [0.25, 0.3) is 0 Å². The molecule has 2 aromatic heterocycles. The average molecular weight is 446 g/mol. The van der Waals surface area contributed by atoms with Crippen LogP contribution < -0.4 is 0 Å². The van der Waals surface area contributed by atoms with E-state index in [4.69, 9.17) is 28.4 Å². The third-order valence-corrected chi connectivity index (χ3v) is 4.31. The first-order chi connectivity index (χ1) is 15.7. The minimum Gasteiger partial charge on any atom is -0.459 e. The number of hydrogen-bond donors (Lipinski definition) is 0. The molecular weight excluding hydrogens is 420 g/mol. The second kappa shape index (κ2) is 13.5. The van der Waals surface area contributed by atoms with Gasteiger partial charge in [0.05, 0.1) is 52.9 Å². The lowest BCUT2D eigenvalue weighted by Crippen LogP contribution is -2.16. The van der Waals surface area contributed by atoms with Crippen molar-refractivity contribution in [3.63, 3.8) is 0 Å². The summed E-state index contributed by atoms with van der Waals surface area (Å²) in [4.78, 5) is 32.7. The van der Waals surface area contributed by atoms with Crippen molar-refractivity contribution in [2.45, 2.75) is 0 Å². The molecule has 10 nitrogen and oxygen atoms in total. The summed E-state index contributed by atoms with van der Waals surface area (Å²) in [6.45, 7) is 3.16. The van der Waals surface area contributed by atoms with Gasteiger partial charge in [0.15, 0.2) is 0 Å². The fraction of sp³-hybridized carbons (Fsp3) is 0.455. The molecule has 4 bridgehead atoms. The number of carbonyl (C=O) groups is 2. The molecule has 10 heteroatoms. The van der Waals surface area contributed by atoms with Gasteiger partial charge in [-0.05, 0) is 35.4 Å². The van der Waals surface area contributed by atoms with E-state index in [0.717, 1.165) is 0 Å². The van der Waals surface area contributed by atoms with E-state index in [1.54, 1.807) is 24.3 Å². The molecule has 2 aromatic rings. The Labute approximate surface area is 185 Å². The molecule has 1 aliphatic rings. The van der Waals surface area contributed by atoms with Crippen LogP contribution in [0.3, 0.4) is 0 Å². The maximum absolute atomic E-state index is 12.3. The molecule has 0 fully saturated rings. The molecule has 0 saturated heterocycles. The van der Waals surface area contributed by atoms with Crippen LogP contribution in [-0.4, -0.2) is 88.0 Å². The third kappa shape index (κ3) is 7.97. The molecular formula is C22H26N2O8. The average Bonchev–Trinajstić information content (AvgIpc) is 2.83. The highest BCUT2D eigenvalue weighted by Gasteiger charge is 2.13. The van der Waals surface area contributed by atoms with Crippen LogP contribution in [0.25, 0.3) is 11.1 Å². The van der Waals surface area contributed by atoms with Gasteiger partial charge >= 0.3 is 11.9 Å². The number of aromatic nitrogens is 2. The Balaban J connectivity index is 1.65. The molecule has 0 aromatic carbocycles. The smallest absolute Gasteiger partial charge is 0.357 e. The number of rotatable bonds is 0. The summed E-state index contributed by atoms with van der Waals surface area (Å²) in [6.07, 6.45) is 3.01. The summed E-state index contributed by atoms with van der Waals surface area (Å²) in [7, 11) is 0. The molecule has 0 spiro atoms. The van der Waals surface area contributed by atoms with E-state index in [1.807, 2.05) is 0 Å². The number of fused-ring (bicyclic) bond motifs is 5. The second-order valence-corrected chi connectivity index (χ2v) is 6.58. The van der Waals surface area contributed by atoms with Crippen LogP contribution in [-0.2, 0) is 28.4 Å². The first kappa shape index (κ1) is 23.7. The molecule has 1 aliphatic heterocycles. The van der Waals surface area contributed by atoms with Gasteiger partial charge in [-0.2, -0.15) is 0 Å². The fourth-order valence-corrected chi connectivity index (χ4v) is 2.74. The van der Waals surface area contributed by atoms with Gasteiger partial charge in [-0.25, -0.2) is 19.6 Å². The highest BCUT2D eigenvalue weighted by molar-refractivity contribution is 5.90. The highest BCUT2D eigenvalue weighted by Crippen LogP contribution is 2.20. The lowest BCUT2D eigenvalue weighted by Gasteiger charge is -2.09. The maximum Gasteiger partial charge on any atom is 0.357 e. The van der Waals surface area contributed by atoms with Crippen LogP contribution in [0, 0.1) is 0 Å². The predicted molar refractivity (Wildman–Crippen MR) is 111 cm³/mol. The van der Waals surface area contributed by atoms with Gasteiger partial charge in [0, 0.05) is 12.4 Å². The normalized spacial score (nSPS) is 18.1. The number of nitrogens with zero attached hydrogens (tertiary/aromatic N) is 2. The van der Waals surface area contributed by atoms with E-state index in [1.165, 1.54) is 12.4 Å². The van der Waals surface area contributed by atoms with Crippen molar-refractivity contribution in [2.24, 2.45) is 0 Å². The molecule has 3 rings (SSSR count). The number of ether oxygens (including phenoxy) is 6. The number of cyclic esters (lactones) is 2. The highest BCUT2D eigenvalue weighted by atomic mass is 16.6. The molecule has 32 heavy (non-hydrogen) atoms. The van der Waals surface area contributed by atoms with Crippen LogP contribution >= 0.6 is 0 Å². The zero-order valence-corrected chi connectivity index (χ0v) is 17.7. The minimum atomic E-state index is -0.563. The van der Waals surface area contributed by atoms with Crippen LogP contribution in [0.1, 0.15) is 21.0 Å². The molecule has 0 N–H and O–H groups in total. The quantitative estimate of drug-likeness (QED) is 0.552. The largest absolute Gasteiger partial charge is 0.459 e. The van der Waals surface area contributed by atoms with E-state index in [9.17, 15) is 9.59 Å². The lowest BCUT2D eigenvalue weighted by atomic mass is 10.1. The van der Waals surface area contributed by atoms with E-state index in [0.29, 0.717) is 50.8 Å².